The van der Waals surface area contributed by atoms with Gasteiger partial charge in [-0.25, -0.2) is 9.97 Å². The van der Waals surface area contributed by atoms with Crippen molar-refractivity contribution in [1.82, 2.24) is 9.97 Å². The molecule has 2 aromatic rings. The molecule has 0 aliphatic rings. The minimum atomic E-state index is -1.10. The fraction of sp³-hybridized carbons (Fsp3) is 0.533. The van der Waals surface area contributed by atoms with E-state index in [0.717, 1.165) is 23.1 Å². The van der Waals surface area contributed by atoms with Crippen molar-refractivity contribution in [2.75, 3.05) is 5.32 Å². The van der Waals surface area contributed by atoms with Crippen molar-refractivity contribution in [3.63, 3.8) is 0 Å². The first-order chi connectivity index (χ1) is 9.96. The second kappa shape index (κ2) is 6.39. The van der Waals surface area contributed by atoms with Crippen LogP contribution in [0.1, 0.15) is 37.9 Å². The van der Waals surface area contributed by atoms with Crippen molar-refractivity contribution in [1.29, 1.82) is 0 Å². The Morgan fingerprint density at radius 3 is 2.71 bits per heavy atom. The van der Waals surface area contributed by atoms with E-state index in [1.165, 1.54) is 4.88 Å². The maximum atomic E-state index is 11.4. The van der Waals surface area contributed by atoms with Crippen molar-refractivity contribution in [2.24, 2.45) is 5.92 Å². The summed E-state index contributed by atoms with van der Waals surface area (Å²) in [6.07, 6.45) is 1.68. The van der Waals surface area contributed by atoms with E-state index < -0.39 is 12.0 Å². The molecular formula is C15H20N3O2S-. The van der Waals surface area contributed by atoms with Gasteiger partial charge < -0.3 is 15.2 Å². The highest BCUT2D eigenvalue weighted by atomic mass is 32.1. The van der Waals surface area contributed by atoms with E-state index in [-0.39, 0.29) is 5.92 Å². The molecule has 2 aromatic heterocycles. The number of carbonyl (C=O) groups is 1. The monoisotopic (exact) mass is 306 g/mol. The summed E-state index contributed by atoms with van der Waals surface area (Å²) in [7, 11) is 0. The molecule has 6 heteroatoms. The number of anilines is 1. The van der Waals surface area contributed by atoms with E-state index in [9.17, 15) is 9.90 Å². The van der Waals surface area contributed by atoms with E-state index in [1.54, 1.807) is 11.3 Å². The lowest BCUT2D eigenvalue weighted by atomic mass is 9.99. The van der Waals surface area contributed by atoms with Crippen molar-refractivity contribution in [3.8, 4) is 0 Å². The average molecular weight is 306 g/mol. The van der Waals surface area contributed by atoms with Crippen LogP contribution >= 0.6 is 11.3 Å². The molecule has 1 N–H and O–H groups in total. The summed E-state index contributed by atoms with van der Waals surface area (Å²) in [6.45, 7) is 7.75. The van der Waals surface area contributed by atoms with Crippen LogP contribution in [0.15, 0.2) is 6.07 Å². The number of carboxylic acid groups (broad SMARTS) is 1. The number of carbonyl (C=O) groups excluding carboxylic acids is 1. The highest BCUT2D eigenvalue weighted by Gasteiger charge is 2.19. The number of aromatic nitrogens is 2. The van der Waals surface area contributed by atoms with Crippen LogP contribution in [0, 0.1) is 12.8 Å². The summed E-state index contributed by atoms with van der Waals surface area (Å²) < 4.78 is 0. The topological polar surface area (TPSA) is 77.9 Å². The molecule has 0 aliphatic carbocycles. The molecule has 0 unspecified atom stereocenters. The third-order valence-electron chi connectivity index (χ3n) is 3.66. The quantitative estimate of drug-likeness (QED) is 0.884. The van der Waals surface area contributed by atoms with Gasteiger partial charge >= 0.3 is 0 Å². The summed E-state index contributed by atoms with van der Waals surface area (Å²) in [5, 5.41) is 15.3. The lowest BCUT2D eigenvalue weighted by Gasteiger charge is -2.26. The highest BCUT2D eigenvalue weighted by molar-refractivity contribution is 7.18. The first-order valence-electron chi connectivity index (χ1n) is 7.20. The molecular weight excluding hydrogens is 286 g/mol. The van der Waals surface area contributed by atoms with Gasteiger partial charge in [0.2, 0.25) is 0 Å². The Balaban J connectivity index is 2.44. The second-order valence-electron chi connectivity index (χ2n) is 5.23. The predicted molar refractivity (Wildman–Crippen MR) is 83.4 cm³/mol. The van der Waals surface area contributed by atoms with Gasteiger partial charge in [-0.2, -0.15) is 0 Å². The first kappa shape index (κ1) is 15.7. The summed E-state index contributed by atoms with van der Waals surface area (Å²) in [5.74, 6) is 0.0861. The molecule has 114 valence electrons. The molecule has 2 atom stereocenters. The molecule has 0 aromatic carbocycles. The fourth-order valence-electron chi connectivity index (χ4n) is 2.18. The van der Waals surface area contributed by atoms with E-state index >= 15 is 0 Å². The number of hydrogen-bond donors (Lipinski definition) is 1. The van der Waals surface area contributed by atoms with E-state index in [1.807, 2.05) is 26.8 Å². The zero-order chi connectivity index (χ0) is 15.6. The molecule has 0 spiro atoms. The predicted octanol–water partition coefficient (Wildman–Crippen LogP) is 2.14. The number of aryl methyl sites for hydroxylation is 2. The number of fused-ring (bicyclic) bond motifs is 1. The van der Waals surface area contributed by atoms with Gasteiger partial charge in [0.15, 0.2) is 0 Å². The van der Waals surface area contributed by atoms with Gasteiger partial charge in [0, 0.05) is 4.88 Å². The molecule has 0 amide bonds. The van der Waals surface area contributed by atoms with Crippen LogP contribution in [0.3, 0.4) is 0 Å². The zero-order valence-electron chi connectivity index (χ0n) is 12.8. The molecule has 0 bridgehead atoms. The van der Waals surface area contributed by atoms with Crippen LogP contribution in [-0.2, 0) is 11.2 Å². The van der Waals surface area contributed by atoms with Gasteiger partial charge in [0.05, 0.1) is 17.4 Å². The van der Waals surface area contributed by atoms with Crippen molar-refractivity contribution >= 4 is 33.3 Å². The van der Waals surface area contributed by atoms with Gasteiger partial charge in [-0.15, -0.1) is 11.3 Å². The Hall–Kier alpha value is -1.69. The lowest BCUT2D eigenvalue weighted by molar-refractivity contribution is -0.307. The Bertz CT molecular complexity index is 654. The highest BCUT2D eigenvalue weighted by Crippen LogP contribution is 2.30. The number of nitrogens with one attached hydrogen (secondary N) is 1. The number of thiophene rings is 1. The normalized spacial score (nSPS) is 14.1. The maximum absolute atomic E-state index is 11.4. The lowest BCUT2D eigenvalue weighted by Crippen LogP contribution is -2.45. The van der Waals surface area contributed by atoms with Crippen LogP contribution in [0.2, 0.25) is 0 Å². The van der Waals surface area contributed by atoms with Gasteiger partial charge in [-0.1, -0.05) is 27.2 Å². The number of hydrogen-bond acceptors (Lipinski definition) is 6. The number of nitrogens with zero attached hydrogens (tertiary/aromatic N) is 2. The fourth-order valence-corrected chi connectivity index (χ4v) is 3.19. The molecule has 0 radical (unpaired) electrons. The smallest absolute Gasteiger partial charge is 0.139 e. The third kappa shape index (κ3) is 3.32. The van der Waals surface area contributed by atoms with Crippen molar-refractivity contribution in [2.45, 2.75) is 46.6 Å². The zero-order valence-corrected chi connectivity index (χ0v) is 13.6. The number of aliphatic carboxylic acids is 1. The second-order valence-corrected chi connectivity index (χ2v) is 6.35. The van der Waals surface area contributed by atoms with Crippen LogP contribution < -0.4 is 10.4 Å². The van der Waals surface area contributed by atoms with Crippen LogP contribution in [-0.4, -0.2) is 22.0 Å². The van der Waals surface area contributed by atoms with E-state index in [2.05, 4.69) is 22.2 Å². The van der Waals surface area contributed by atoms with Gasteiger partial charge in [-0.05, 0) is 25.3 Å². The summed E-state index contributed by atoms with van der Waals surface area (Å²) in [6, 6.07) is 1.28. The van der Waals surface area contributed by atoms with Crippen LogP contribution in [0.4, 0.5) is 5.82 Å². The van der Waals surface area contributed by atoms with E-state index in [0.29, 0.717) is 11.6 Å². The molecule has 0 fully saturated rings. The SMILES string of the molecule is CCc1cc2c(N[C@@H](C(=O)[O-])[C@@H](C)CC)nc(C)nc2s1. The summed E-state index contributed by atoms with van der Waals surface area (Å²) in [5.41, 5.74) is 0. The minimum absolute atomic E-state index is 0.0374. The Morgan fingerprint density at radius 2 is 2.14 bits per heavy atom. The molecule has 21 heavy (non-hydrogen) atoms. The molecule has 0 saturated carbocycles. The Morgan fingerprint density at radius 1 is 1.43 bits per heavy atom. The van der Waals surface area contributed by atoms with Gasteiger partial charge in [-0.3, -0.25) is 0 Å². The average Bonchev–Trinajstić information content (AvgIpc) is 2.86. The van der Waals surface area contributed by atoms with Crippen LogP contribution in [0.5, 0.6) is 0 Å². The largest absolute Gasteiger partial charge is 0.548 e. The Labute approximate surface area is 128 Å². The first-order valence-corrected chi connectivity index (χ1v) is 8.02. The summed E-state index contributed by atoms with van der Waals surface area (Å²) >= 11 is 1.62. The van der Waals surface area contributed by atoms with E-state index in [4.69, 9.17) is 0 Å². The molecule has 2 rings (SSSR count). The van der Waals surface area contributed by atoms with Gasteiger partial charge in [0.25, 0.3) is 0 Å². The minimum Gasteiger partial charge on any atom is -0.548 e. The van der Waals surface area contributed by atoms with Crippen molar-refractivity contribution in [3.05, 3.63) is 16.8 Å². The van der Waals surface area contributed by atoms with Crippen LogP contribution in [0.25, 0.3) is 10.2 Å². The van der Waals surface area contributed by atoms with Crippen molar-refractivity contribution < 1.29 is 9.90 Å². The number of rotatable bonds is 6. The number of carboxylic acids is 1. The molecule has 0 aliphatic heterocycles. The standard InChI is InChI=1S/C15H21N3O2S/c1-5-8(3)12(15(19)20)18-13-11-7-10(6-2)21-14(11)17-9(4)16-13/h7-8,12H,5-6H2,1-4H3,(H,19,20)(H,16,17,18)/p-1/t8-,12+/m0/s1. The van der Waals surface area contributed by atoms with Gasteiger partial charge in [0.1, 0.15) is 16.5 Å². The summed E-state index contributed by atoms with van der Waals surface area (Å²) in [4.78, 5) is 22.3. The third-order valence-corrected chi connectivity index (χ3v) is 4.84. The maximum Gasteiger partial charge on any atom is 0.139 e. The molecule has 0 saturated heterocycles. The molecule has 2 heterocycles. The molecule has 5 nitrogen and oxygen atoms in total. The Kier molecular flexibility index (Phi) is 4.77.